The minimum atomic E-state index is 0.354. The topological polar surface area (TPSA) is 30.0 Å². The number of aryl methyl sites for hydroxylation is 2. The van der Waals surface area contributed by atoms with Crippen LogP contribution in [0.5, 0.6) is 0 Å². The Hall–Kier alpha value is -1.96. The second kappa shape index (κ2) is 7.47. The second-order valence-electron chi connectivity index (χ2n) is 4.73. The molecule has 98 valence electrons. The molecule has 0 fully saturated rings. The Morgan fingerprint density at radius 2 is 1.53 bits per heavy atom. The van der Waals surface area contributed by atoms with Gasteiger partial charge in [-0.1, -0.05) is 30.3 Å². The summed E-state index contributed by atoms with van der Waals surface area (Å²) in [6.45, 7) is 0. The molecule has 0 unspecified atom stereocenters. The Morgan fingerprint density at radius 1 is 0.842 bits per heavy atom. The number of benzene rings is 1. The molecular formula is C17H19NO. The van der Waals surface area contributed by atoms with Crippen molar-refractivity contribution in [1.29, 1.82) is 0 Å². The predicted octanol–water partition coefficient (Wildman–Crippen LogP) is 3.61. The third-order valence-corrected chi connectivity index (χ3v) is 3.21. The second-order valence-corrected chi connectivity index (χ2v) is 4.73. The van der Waals surface area contributed by atoms with Crippen LogP contribution in [0.3, 0.4) is 0 Å². The number of hydrogen-bond acceptors (Lipinski definition) is 2. The lowest BCUT2D eigenvalue weighted by Gasteiger charge is -2.02. The van der Waals surface area contributed by atoms with E-state index in [9.17, 15) is 4.79 Å². The van der Waals surface area contributed by atoms with Crippen molar-refractivity contribution in [3.05, 3.63) is 66.0 Å². The number of pyridine rings is 1. The van der Waals surface area contributed by atoms with Gasteiger partial charge in [0.15, 0.2) is 0 Å². The van der Waals surface area contributed by atoms with E-state index in [1.54, 1.807) is 12.4 Å². The van der Waals surface area contributed by atoms with E-state index in [0.29, 0.717) is 18.6 Å². The average Bonchev–Trinajstić information content (AvgIpc) is 2.47. The molecule has 0 bridgehead atoms. The van der Waals surface area contributed by atoms with E-state index in [0.717, 1.165) is 19.3 Å². The monoisotopic (exact) mass is 253 g/mol. The highest BCUT2D eigenvalue weighted by Crippen LogP contribution is 2.08. The van der Waals surface area contributed by atoms with Crippen molar-refractivity contribution in [3.8, 4) is 0 Å². The molecule has 0 saturated heterocycles. The Morgan fingerprint density at radius 3 is 2.26 bits per heavy atom. The molecule has 0 radical (unpaired) electrons. The van der Waals surface area contributed by atoms with Crippen LogP contribution in [0.15, 0.2) is 54.9 Å². The molecule has 0 atom stereocenters. The summed E-state index contributed by atoms with van der Waals surface area (Å²) in [7, 11) is 0. The Labute approximate surface area is 114 Å². The standard InChI is InChI=1S/C17H19NO/c19-17(10-9-16-11-13-18-14-12-16)8-4-7-15-5-2-1-3-6-15/h1-3,5-6,11-14H,4,7-10H2. The smallest absolute Gasteiger partial charge is 0.133 e. The summed E-state index contributed by atoms with van der Waals surface area (Å²) in [5.41, 5.74) is 2.50. The van der Waals surface area contributed by atoms with Gasteiger partial charge in [-0.25, -0.2) is 0 Å². The van der Waals surface area contributed by atoms with E-state index in [1.807, 2.05) is 30.3 Å². The first-order chi connectivity index (χ1) is 9.34. The van der Waals surface area contributed by atoms with Crippen LogP contribution in [-0.4, -0.2) is 10.8 Å². The molecule has 0 aliphatic rings. The SMILES string of the molecule is O=C(CCCc1ccccc1)CCc1ccncc1. The number of carbonyl (C=O) groups is 1. The number of Topliss-reactive ketones (excluding diaryl/α,β-unsaturated/α-hetero) is 1. The lowest BCUT2D eigenvalue weighted by Crippen LogP contribution is -2.01. The minimum Gasteiger partial charge on any atom is -0.300 e. The van der Waals surface area contributed by atoms with Crippen molar-refractivity contribution in [3.63, 3.8) is 0 Å². The van der Waals surface area contributed by atoms with Crippen molar-refractivity contribution in [2.45, 2.75) is 32.1 Å². The Kier molecular flexibility index (Phi) is 5.30. The van der Waals surface area contributed by atoms with Gasteiger partial charge in [0, 0.05) is 25.2 Å². The van der Waals surface area contributed by atoms with Crippen molar-refractivity contribution in [1.82, 2.24) is 4.98 Å². The van der Waals surface area contributed by atoms with Gasteiger partial charge in [-0.15, -0.1) is 0 Å². The van der Waals surface area contributed by atoms with E-state index >= 15 is 0 Å². The van der Waals surface area contributed by atoms with E-state index in [-0.39, 0.29) is 0 Å². The molecule has 0 saturated carbocycles. The number of ketones is 1. The molecule has 0 spiro atoms. The van der Waals surface area contributed by atoms with Gasteiger partial charge >= 0.3 is 0 Å². The first kappa shape index (κ1) is 13.5. The normalized spacial score (nSPS) is 10.3. The van der Waals surface area contributed by atoms with Gasteiger partial charge in [0.05, 0.1) is 0 Å². The van der Waals surface area contributed by atoms with Crippen LogP contribution >= 0.6 is 0 Å². The highest BCUT2D eigenvalue weighted by Gasteiger charge is 2.03. The zero-order valence-corrected chi connectivity index (χ0v) is 11.1. The van der Waals surface area contributed by atoms with Gasteiger partial charge in [0.2, 0.25) is 0 Å². The molecular weight excluding hydrogens is 234 g/mol. The maximum atomic E-state index is 11.8. The van der Waals surface area contributed by atoms with E-state index in [1.165, 1.54) is 11.1 Å². The third kappa shape index (κ3) is 5.04. The molecule has 2 nitrogen and oxygen atoms in total. The van der Waals surface area contributed by atoms with Gasteiger partial charge in [0.25, 0.3) is 0 Å². The van der Waals surface area contributed by atoms with Gasteiger partial charge in [-0.05, 0) is 42.5 Å². The summed E-state index contributed by atoms with van der Waals surface area (Å²) in [6, 6.07) is 14.3. The summed E-state index contributed by atoms with van der Waals surface area (Å²) in [5, 5.41) is 0. The van der Waals surface area contributed by atoms with Crippen LogP contribution in [0.25, 0.3) is 0 Å². The zero-order chi connectivity index (χ0) is 13.3. The molecule has 1 aromatic carbocycles. The fourth-order valence-electron chi connectivity index (χ4n) is 2.09. The van der Waals surface area contributed by atoms with Gasteiger partial charge in [-0.2, -0.15) is 0 Å². The largest absolute Gasteiger partial charge is 0.300 e. The van der Waals surface area contributed by atoms with E-state index in [2.05, 4.69) is 17.1 Å². The molecule has 2 heteroatoms. The van der Waals surface area contributed by atoms with Crippen LogP contribution < -0.4 is 0 Å². The van der Waals surface area contributed by atoms with Crippen molar-refractivity contribution in [2.75, 3.05) is 0 Å². The molecule has 0 amide bonds. The fourth-order valence-corrected chi connectivity index (χ4v) is 2.09. The zero-order valence-electron chi connectivity index (χ0n) is 11.1. The molecule has 0 aliphatic heterocycles. The maximum absolute atomic E-state index is 11.8. The minimum absolute atomic E-state index is 0.354. The average molecular weight is 253 g/mol. The number of hydrogen-bond donors (Lipinski definition) is 0. The van der Waals surface area contributed by atoms with Crippen LogP contribution in [0.1, 0.15) is 30.4 Å². The fraction of sp³-hybridized carbons (Fsp3) is 0.294. The third-order valence-electron chi connectivity index (χ3n) is 3.21. The molecule has 19 heavy (non-hydrogen) atoms. The molecule has 2 rings (SSSR count). The first-order valence-electron chi connectivity index (χ1n) is 6.79. The van der Waals surface area contributed by atoms with E-state index in [4.69, 9.17) is 0 Å². The summed E-state index contributed by atoms with van der Waals surface area (Å²) < 4.78 is 0. The molecule has 2 aromatic rings. The lowest BCUT2D eigenvalue weighted by atomic mass is 10.0. The number of rotatable bonds is 7. The molecule has 1 aromatic heterocycles. The predicted molar refractivity (Wildman–Crippen MR) is 76.9 cm³/mol. The first-order valence-corrected chi connectivity index (χ1v) is 6.79. The maximum Gasteiger partial charge on any atom is 0.133 e. The lowest BCUT2D eigenvalue weighted by molar-refractivity contribution is -0.119. The van der Waals surface area contributed by atoms with Gasteiger partial charge in [0.1, 0.15) is 5.78 Å². The van der Waals surface area contributed by atoms with Gasteiger partial charge < -0.3 is 0 Å². The number of aromatic nitrogens is 1. The number of nitrogens with zero attached hydrogens (tertiary/aromatic N) is 1. The highest BCUT2D eigenvalue weighted by molar-refractivity contribution is 5.78. The molecule has 1 heterocycles. The Bertz CT molecular complexity index is 493. The van der Waals surface area contributed by atoms with Crippen LogP contribution in [0.4, 0.5) is 0 Å². The van der Waals surface area contributed by atoms with Crippen molar-refractivity contribution < 1.29 is 4.79 Å². The van der Waals surface area contributed by atoms with Gasteiger partial charge in [-0.3, -0.25) is 9.78 Å². The highest BCUT2D eigenvalue weighted by atomic mass is 16.1. The van der Waals surface area contributed by atoms with Crippen LogP contribution in [0, 0.1) is 0 Å². The van der Waals surface area contributed by atoms with Crippen molar-refractivity contribution >= 4 is 5.78 Å². The summed E-state index contributed by atoms with van der Waals surface area (Å²) in [4.78, 5) is 15.8. The molecule has 0 N–H and O–H groups in total. The van der Waals surface area contributed by atoms with Crippen LogP contribution in [-0.2, 0) is 17.6 Å². The quantitative estimate of drug-likeness (QED) is 0.754. The molecule has 0 aliphatic carbocycles. The van der Waals surface area contributed by atoms with Crippen LogP contribution in [0.2, 0.25) is 0 Å². The summed E-state index contributed by atoms with van der Waals surface area (Å²) in [6.07, 6.45) is 7.62. The summed E-state index contributed by atoms with van der Waals surface area (Å²) >= 11 is 0. The van der Waals surface area contributed by atoms with Crippen molar-refractivity contribution in [2.24, 2.45) is 0 Å². The Balaban J connectivity index is 1.65. The van der Waals surface area contributed by atoms with E-state index < -0.39 is 0 Å². The summed E-state index contributed by atoms with van der Waals surface area (Å²) in [5.74, 6) is 0.354. The number of carbonyl (C=O) groups excluding carboxylic acids is 1.